The fourth-order valence-corrected chi connectivity index (χ4v) is 3.18. The summed E-state index contributed by atoms with van der Waals surface area (Å²) in [5, 5.41) is 12.1. The average molecular weight is 345 g/mol. The number of nitrogens with zero attached hydrogens (tertiary/aromatic N) is 2. The van der Waals surface area contributed by atoms with E-state index < -0.39 is 0 Å². The molecule has 1 saturated heterocycles. The quantitative estimate of drug-likeness (QED) is 0.766. The number of carbonyl (C=O) groups is 1. The van der Waals surface area contributed by atoms with Crippen LogP contribution in [0, 0.1) is 17.2 Å². The van der Waals surface area contributed by atoms with Gasteiger partial charge in [-0.3, -0.25) is 0 Å². The summed E-state index contributed by atoms with van der Waals surface area (Å²) in [5.41, 5.74) is 1.04. The molecule has 6 heteroatoms. The van der Waals surface area contributed by atoms with Gasteiger partial charge >= 0.3 is 6.03 Å². The molecule has 2 rings (SSSR count). The van der Waals surface area contributed by atoms with Crippen LogP contribution in [0.1, 0.15) is 38.2 Å². The summed E-state index contributed by atoms with van der Waals surface area (Å²) in [5.74, 6) is 1.07. The van der Waals surface area contributed by atoms with E-state index in [0.717, 1.165) is 45.4 Å². The van der Waals surface area contributed by atoms with Crippen LogP contribution in [0.2, 0.25) is 0 Å². The number of hydrogen-bond donors (Lipinski definition) is 1. The van der Waals surface area contributed by atoms with Gasteiger partial charge in [-0.15, -0.1) is 0 Å². The first-order valence-electron chi connectivity index (χ1n) is 8.89. The van der Waals surface area contributed by atoms with E-state index in [0.29, 0.717) is 29.5 Å². The molecule has 25 heavy (non-hydrogen) atoms. The van der Waals surface area contributed by atoms with Crippen molar-refractivity contribution in [1.82, 2.24) is 4.90 Å². The minimum absolute atomic E-state index is 0.107. The maximum atomic E-state index is 12.5. The molecule has 0 radical (unpaired) electrons. The van der Waals surface area contributed by atoms with Gasteiger partial charge in [0.15, 0.2) is 0 Å². The second kappa shape index (κ2) is 9.90. The molecular formula is C19H27N3O3. The standard InChI is InChI=1S/C19H27N3O3/c1-3-25-18-9-8-17(12-16(18)13-20)21-19(23)22-10-4-6-15(14-22)7-5-11-24-2/h8-9,12,15H,3-7,10-11,14H2,1-2H3,(H,21,23). The molecule has 0 saturated carbocycles. The summed E-state index contributed by atoms with van der Waals surface area (Å²) in [6.45, 7) is 4.69. The molecule has 1 unspecified atom stereocenters. The normalized spacial score (nSPS) is 17.0. The number of nitriles is 1. The third-order valence-corrected chi connectivity index (χ3v) is 4.42. The molecule has 1 atom stereocenters. The molecule has 0 aliphatic carbocycles. The lowest BCUT2D eigenvalue weighted by Crippen LogP contribution is -2.42. The minimum atomic E-state index is -0.107. The van der Waals surface area contributed by atoms with Gasteiger partial charge in [0.25, 0.3) is 0 Å². The van der Waals surface area contributed by atoms with Crippen molar-refractivity contribution in [2.75, 3.05) is 38.7 Å². The number of benzene rings is 1. The number of nitrogens with one attached hydrogen (secondary N) is 1. The highest BCUT2D eigenvalue weighted by Crippen LogP contribution is 2.24. The van der Waals surface area contributed by atoms with Gasteiger partial charge in [0.05, 0.1) is 12.2 Å². The molecule has 136 valence electrons. The first-order valence-corrected chi connectivity index (χ1v) is 8.89. The topological polar surface area (TPSA) is 74.6 Å². The molecule has 1 aliphatic rings. The zero-order valence-electron chi connectivity index (χ0n) is 15.1. The van der Waals surface area contributed by atoms with Gasteiger partial charge in [0.2, 0.25) is 0 Å². The molecule has 0 bridgehead atoms. The van der Waals surface area contributed by atoms with Crippen molar-refractivity contribution in [2.24, 2.45) is 5.92 Å². The van der Waals surface area contributed by atoms with E-state index >= 15 is 0 Å². The fourth-order valence-electron chi connectivity index (χ4n) is 3.18. The third kappa shape index (κ3) is 5.64. The summed E-state index contributed by atoms with van der Waals surface area (Å²) in [7, 11) is 1.72. The van der Waals surface area contributed by atoms with Crippen LogP contribution in [0.15, 0.2) is 18.2 Å². The Hall–Kier alpha value is -2.26. The monoisotopic (exact) mass is 345 g/mol. The Morgan fingerprint density at radius 3 is 3.04 bits per heavy atom. The smallest absolute Gasteiger partial charge is 0.321 e. The van der Waals surface area contributed by atoms with Gasteiger partial charge in [-0.2, -0.15) is 5.26 Å². The molecule has 1 N–H and O–H groups in total. The van der Waals surface area contributed by atoms with Crippen LogP contribution >= 0.6 is 0 Å². The Bertz CT molecular complexity index is 612. The van der Waals surface area contributed by atoms with Gasteiger partial charge in [-0.05, 0) is 56.7 Å². The van der Waals surface area contributed by atoms with Crippen molar-refractivity contribution in [1.29, 1.82) is 5.26 Å². The second-order valence-corrected chi connectivity index (χ2v) is 6.28. The lowest BCUT2D eigenvalue weighted by Gasteiger charge is -2.32. The second-order valence-electron chi connectivity index (χ2n) is 6.28. The van der Waals surface area contributed by atoms with Crippen LogP contribution in [-0.2, 0) is 4.74 Å². The van der Waals surface area contributed by atoms with Crippen molar-refractivity contribution < 1.29 is 14.3 Å². The zero-order chi connectivity index (χ0) is 18.1. The maximum Gasteiger partial charge on any atom is 0.321 e. The molecule has 1 heterocycles. The summed E-state index contributed by atoms with van der Waals surface area (Å²) in [6.07, 6.45) is 4.30. The van der Waals surface area contributed by atoms with E-state index in [1.165, 1.54) is 0 Å². The summed E-state index contributed by atoms with van der Waals surface area (Å²) in [4.78, 5) is 14.4. The molecule has 1 aromatic carbocycles. The molecule has 0 spiro atoms. The van der Waals surface area contributed by atoms with Gasteiger partial charge in [0, 0.05) is 32.5 Å². The van der Waals surface area contributed by atoms with Gasteiger partial charge in [-0.25, -0.2) is 4.79 Å². The Labute approximate surface area is 149 Å². The van der Waals surface area contributed by atoms with E-state index in [1.807, 2.05) is 11.8 Å². The van der Waals surface area contributed by atoms with Crippen LogP contribution in [0.3, 0.4) is 0 Å². The lowest BCUT2D eigenvalue weighted by molar-refractivity contribution is 0.156. The molecule has 1 aliphatic heterocycles. The van der Waals surface area contributed by atoms with Gasteiger partial charge < -0.3 is 19.7 Å². The van der Waals surface area contributed by atoms with E-state index in [9.17, 15) is 10.1 Å². The number of hydrogen-bond acceptors (Lipinski definition) is 4. The highest BCUT2D eigenvalue weighted by molar-refractivity contribution is 5.89. The number of rotatable bonds is 7. The Balaban J connectivity index is 1.93. The highest BCUT2D eigenvalue weighted by atomic mass is 16.5. The van der Waals surface area contributed by atoms with Crippen LogP contribution in [-0.4, -0.2) is 44.3 Å². The van der Waals surface area contributed by atoms with Crippen molar-refractivity contribution >= 4 is 11.7 Å². The van der Waals surface area contributed by atoms with Gasteiger partial charge in [-0.1, -0.05) is 0 Å². The number of likely N-dealkylation sites (tertiary alicyclic amines) is 1. The Morgan fingerprint density at radius 1 is 1.48 bits per heavy atom. The van der Waals surface area contributed by atoms with Crippen molar-refractivity contribution in [2.45, 2.75) is 32.6 Å². The predicted molar refractivity (Wildman–Crippen MR) is 96.8 cm³/mol. The van der Waals surface area contributed by atoms with Crippen molar-refractivity contribution in [3.8, 4) is 11.8 Å². The number of anilines is 1. The molecule has 1 aromatic rings. The predicted octanol–water partition coefficient (Wildman–Crippen LogP) is 3.63. The Morgan fingerprint density at radius 2 is 2.32 bits per heavy atom. The number of urea groups is 1. The number of carbonyl (C=O) groups excluding carboxylic acids is 1. The first-order chi connectivity index (χ1) is 12.2. The number of piperidine rings is 1. The number of amides is 2. The lowest BCUT2D eigenvalue weighted by atomic mass is 9.94. The molecule has 2 amide bonds. The summed E-state index contributed by atoms with van der Waals surface area (Å²) >= 11 is 0. The molecular weight excluding hydrogens is 318 g/mol. The minimum Gasteiger partial charge on any atom is -0.492 e. The highest BCUT2D eigenvalue weighted by Gasteiger charge is 2.23. The fraction of sp³-hybridized carbons (Fsp3) is 0.579. The van der Waals surface area contributed by atoms with E-state index in [-0.39, 0.29) is 6.03 Å². The van der Waals surface area contributed by atoms with Crippen LogP contribution in [0.4, 0.5) is 10.5 Å². The van der Waals surface area contributed by atoms with E-state index in [2.05, 4.69) is 11.4 Å². The van der Waals surface area contributed by atoms with Crippen LogP contribution in [0.25, 0.3) is 0 Å². The van der Waals surface area contributed by atoms with Gasteiger partial charge in [0.1, 0.15) is 11.8 Å². The van der Waals surface area contributed by atoms with Crippen molar-refractivity contribution in [3.63, 3.8) is 0 Å². The molecule has 6 nitrogen and oxygen atoms in total. The number of ether oxygens (including phenoxy) is 2. The maximum absolute atomic E-state index is 12.5. The van der Waals surface area contributed by atoms with Crippen LogP contribution < -0.4 is 10.1 Å². The molecule has 0 aromatic heterocycles. The molecule has 1 fully saturated rings. The average Bonchev–Trinajstić information content (AvgIpc) is 2.63. The third-order valence-electron chi connectivity index (χ3n) is 4.42. The zero-order valence-corrected chi connectivity index (χ0v) is 15.1. The summed E-state index contributed by atoms with van der Waals surface area (Å²) in [6, 6.07) is 7.15. The number of methoxy groups -OCH3 is 1. The SMILES string of the molecule is CCOc1ccc(NC(=O)N2CCCC(CCCOC)C2)cc1C#N. The van der Waals surface area contributed by atoms with Crippen molar-refractivity contribution in [3.05, 3.63) is 23.8 Å². The first kappa shape index (κ1) is 19.1. The van der Waals surface area contributed by atoms with E-state index in [1.54, 1.807) is 25.3 Å². The Kier molecular flexibility index (Phi) is 7.55. The largest absolute Gasteiger partial charge is 0.492 e. The van der Waals surface area contributed by atoms with Crippen LogP contribution in [0.5, 0.6) is 5.75 Å². The summed E-state index contributed by atoms with van der Waals surface area (Å²) < 4.78 is 10.5. The van der Waals surface area contributed by atoms with E-state index in [4.69, 9.17) is 9.47 Å².